The lowest BCUT2D eigenvalue weighted by atomic mass is 10.1. The molecule has 1 N–H and O–H groups in total. The maximum Gasteiger partial charge on any atom is 0.264 e. The Morgan fingerprint density at radius 1 is 0.949 bits per heavy atom. The molecule has 208 valence electrons. The molecule has 0 aromatic heterocycles. The van der Waals surface area contributed by atoms with Crippen LogP contribution in [0.1, 0.15) is 43.9 Å². The van der Waals surface area contributed by atoms with Gasteiger partial charge in [-0.15, -0.1) is 0 Å². The van der Waals surface area contributed by atoms with Crippen molar-refractivity contribution < 1.29 is 18.0 Å². The number of rotatable bonds is 11. The van der Waals surface area contributed by atoms with E-state index < -0.39 is 28.5 Å². The molecule has 0 saturated heterocycles. The lowest BCUT2D eigenvalue weighted by Crippen LogP contribution is -2.53. The second-order valence-corrected chi connectivity index (χ2v) is 12.1. The van der Waals surface area contributed by atoms with Crippen LogP contribution in [0.5, 0.6) is 0 Å². The Morgan fingerprint density at radius 2 is 1.59 bits per heavy atom. The van der Waals surface area contributed by atoms with Gasteiger partial charge in [0.2, 0.25) is 11.8 Å². The Balaban J connectivity index is 2.09. The van der Waals surface area contributed by atoms with Crippen LogP contribution in [0.4, 0.5) is 5.69 Å². The highest BCUT2D eigenvalue weighted by molar-refractivity contribution is 7.92. The fourth-order valence-corrected chi connectivity index (χ4v) is 5.93. The van der Waals surface area contributed by atoms with Gasteiger partial charge in [-0.05, 0) is 69.5 Å². The van der Waals surface area contributed by atoms with Crippen LogP contribution >= 0.6 is 11.6 Å². The van der Waals surface area contributed by atoms with Gasteiger partial charge in [0.1, 0.15) is 12.6 Å². The second-order valence-electron chi connectivity index (χ2n) is 9.85. The number of sulfonamides is 1. The first-order valence-electron chi connectivity index (χ1n) is 12.9. The van der Waals surface area contributed by atoms with E-state index >= 15 is 0 Å². The summed E-state index contributed by atoms with van der Waals surface area (Å²) in [5, 5.41) is 3.24. The van der Waals surface area contributed by atoms with E-state index in [1.165, 1.54) is 23.1 Å². The highest BCUT2D eigenvalue weighted by Gasteiger charge is 2.34. The average molecular weight is 570 g/mol. The van der Waals surface area contributed by atoms with E-state index in [9.17, 15) is 18.0 Å². The average Bonchev–Trinajstić information content (AvgIpc) is 2.89. The van der Waals surface area contributed by atoms with Crippen molar-refractivity contribution in [3.63, 3.8) is 0 Å². The van der Waals surface area contributed by atoms with Gasteiger partial charge in [-0.3, -0.25) is 13.9 Å². The third-order valence-corrected chi connectivity index (χ3v) is 8.35. The third-order valence-electron chi connectivity index (χ3n) is 6.34. The van der Waals surface area contributed by atoms with E-state index in [1.807, 2.05) is 52.0 Å². The molecule has 0 spiro atoms. The molecule has 1 unspecified atom stereocenters. The number of nitrogens with one attached hydrogen (secondary N) is 1. The molecule has 3 rings (SSSR count). The van der Waals surface area contributed by atoms with Crippen LogP contribution in [-0.4, -0.2) is 43.8 Å². The van der Waals surface area contributed by atoms with Crippen molar-refractivity contribution in [2.75, 3.05) is 10.8 Å². The van der Waals surface area contributed by atoms with Gasteiger partial charge in [-0.1, -0.05) is 72.6 Å². The molecule has 0 aliphatic heterocycles. The monoisotopic (exact) mass is 569 g/mol. The van der Waals surface area contributed by atoms with E-state index in [0.29, 0.717) is 22.7 Å². The van der Waals surface area contributed by atoms with Crippen molar-refractivity contribution in [2.45, 2.75) is 64.6 Å². The standard InChI is InChI=1S/C30H36ClN3O4S/c1-6-27(30(36)32-21(2)3)33(19-24-15-12-22(4)13-16-24)29(35)20-34(28-18-25(31)17-14-23(28)5)39(37,38)26-10-8-7-9-11-26/h7-18,21,27H,6,19-20H2,1-5H3,(H,32,36). The van der Waals surface area contributed by atoms with Crippen molar-refractivity contribution in [3.05, 3.63) is 94.5 Å². The minimum absolute atomic E-state index is 0.0480. The van der Waals surface area contributed by atoms with Gasteiger partial charge in [0, 0.05) is 17.6 Å². The first kappa shape index (κ1) is 30.2. The quantitative estimate of drug-likeness (QED) is 0.331. The molecule has 7 nitrogen and oxygen atoms in total. The third kappa shape index (κ3) is 7.61. The number of aryl methyl sites for hydroxylation is 2. The molecular formula is C30H36ClN3O4S. The molecule has 0 aliphatic carbocycles. The van der Waals surface area contributed by atoms with Gasteiger partial charge in [-0.2, -0.15) is 0 Å². The Kier molecular flexibility index (Phi) is 10.2. The zero-order chi connectivity index (χ0) is 28.7. The van der Waals surface area contributed by atoms with E-state index in [4.69, 9.17) is 11.6 Å². The molecule has 3 aromatic rings. The number of carbonyl (C=O) groups is 2. The molecule has 0 fully saturated rings. The topological polar surface area (TPSA) is 86.8 Å². The number of nitrogens with zero attached hydrogens (tertiary/aromatic N) is 2. The molecule has 9 heteroatoms. The maximum atomic E-state index is 14.1. The molecule has 0 radical (unpaired) electrons. The lowest BCUT2D eigenvalue weighted by molar-refractivity contribution is -0.140. The fourth-order valence-electron chi connectivity index (χ4n) is 4.27. The Morgan fingerprint density at radius 3 is 2.18 bits per heavy atom. The number of benzene rings is 3. The molecule has 0 saturated carbocycles. The summed E-state index contributed by atoms with van der Waals surface area (Å²) >= 11 is 6.27. The van der Waals surface area contributed by atoms with Crippen LogP contribution in [0, 0.1) is 13.8 Å². The van der Waals surface area contributed by atoms with Crippen molar-refractivity contribution in [1.82, 2.24) is 10.2 Å². The zero-order valence-corrected chi connectivity index (χ0v) is 24.6. The molecule has 1 atom stereocenters. The summed E-state index contributed by atoms with van der Waals surface area (Å²) < 4.78 is 28.9. The smallest absolute Gasteiger partial charge is 0.264 e. The SMILES string of the molecule is CCC(C(=O)NC(C)C)N(Cc1ccc(C)cc1)C(=O)CN(c1cc(Cl)ccc1C)S(=O)(=O)c1ccccc1. The minimum atomic E-state index is -4.15. The van der Waals surface area contributed by atoms with Crippen molar-refractivity contribution in [1.29, 1.82) is 0 Å². The van der Waals surface area contributed by atoms with Gasteiger partial charge in [0.15, 0.2) is 0 Å². The molecule has 0 heterocycles. The van der Waals surface area contributed by atoms with E-state index in [0.717, 1.165) is 15.4 Å². The number of anilines is 1. The van der Waals surface area contributed by atoms with Crippen LogP contribution in [-0.2, 0) is 26.2 Å². The molecular weight excluding hydrogens is 534 g/mol. The van der Waals surface area contributed by atoms with Crippen LogP contribution in [0.25, 0.3) is 0 Å². The highest BCUT2D eigenvalue weighted by atomic mass is 35.5. The summed E-state index contributed by atoms with van der Waals surface area (Å²) in [4.78, 5) is 28.8. The number of halogens is 1. The molecule has 2 amide bonds. The zero-order valence-electron chi connectivity index (χ0n) is 23.0. The van der Waals surface area contributed by atoms with Crippen molar-refractivity contribution in [3.8, 4) is 0 Å². The minimum Gasteiger partial charge on any atom is -0.352 e. The Bertz CT molecular complexity index is 1390. The van der Waals surface area contributed by atoms with Gasteiger partial charge in [0.25, 0.3) is 10.0 Å². The Hall–Kier alpha value is -3.36. The van der Waals surface area contributed by atoms with Gasteiger partial charge in [-0.25, -0.2) is 8.42 Å². The fraction of sp³-hybridized carbons (Fsp3) is 0.333. The Labute approximate surface area is 236 Å². The van der Waals surface area contributed by atoms with Crippen LogP contribution in [0.2, 0.25) is 5.02 Å². The van der Waals surface area contributed by atoms with E-state index in [1.54, 1.807) is 37.3 Å². The predicted octanol–water partition coefficient (Wildman–Crippen LogP) is 5.48. The first-order chi connectivity index (χ1) is 18.4. The number of carbonyl (C=O) groups excluding carboxylic acids is 2. The molecule has 39 heavy (non-hydrogen) atoms. The summed E-state index contributed by atoms with van der Waals surface area (Å²) in [6.07, 6.45) is 0.359. The number of hydrogen-bond acceptors (Lipinski definition) is 4. The summed E-state index contributed by atoms with van der Waals surface area (Å²) in [6, 6.07) is 19.7. The van der Waals surface area contributed by atoms with E-state index in [2.05, 4.69) is 5.32 Å². The number of amides is 2. The summed E-state index contributed by atoms with van der Waals surface area (Å²) in [5.41, 5.74) is 2.84. The molecule has 0 bridgehead atoms. The van der Waals surface area contributed by atoms with Crippen LogP contribution in [0.15, 0.2) is 77.7 Å². The van der Waals surface area contributed by atoms with Gasteiger partial charge in [0.05, 0.1) is 10.6 Å². The summed E-state index contributed by atoms with van der Waals surface area (Å²) in [7, 11) is -4.15. The van der Waals surface area contributed by atoms with Gasteiger partial charge >= 0.3 is 0 Å². The largest absolute Gasteiger partial charge is 0.352 e. The van der Waals surface area contributed by atoms with Gasteiger partial charge < -0.3 is 10.2 Å². The van der Waals surface area contributed by atoms with E-state index in [-0.39, 0.29) is 23.4 Å². The molecule has 3 aromatic carbocycles. The van der Waals surface area contributed by atoms with Crippen LogP contribution in [0.3, 0.4) is 0 Å². The predicted molar refractivity (Wildman–Crippen MR) is 156 cm³/mol. The second kappa shape index (κ2) is 13.1. The van der Waals surface area contributed by atoms with Crippen molar-refractivity contribution >= 4 is 39.1 Å². The molecule has 0 aliphatic rings. The summed E-state index contributed by atoms with van der Waals surface area (Å²) in [6.45, 7) is 8.92. The van der Waals surface area contributed by atoms with Crippen LogP contribution < -0.4 is 9.62 Å². The normalized spacial score (nSPS) is 12.2. The summed E-state index contributed by atoms with van der Waals surface area (Å²) in [5.74, 6) is -0.787. The maximum absolute atomic E-state index is 14.1. The first-order valence-corrected chi connectivity index (χ1v) is 14.7. The lowest BCUT2D eigenvalue weighted by Gasteiger charge is -2.34. The number of hydrogen-bond donors (Lipinski definition) is 1. The highest BCUT2D eigenvalue weighted by Crippen LogP contribution is 2.30. The van der Waals surface area contributed by atoms with Crippen molar-refractivity contribution in [2.24, 2.45) is 0 Å².